The molecule has 6 heteroatoms. The predicted octanol–water partition coefficient (Wildman–Crippen LogP) is 2.66. The minimum absolute atomic E-state index is 0.241. The summed E-state index contributed by atoms with van der Waals surface area (Å²) >= 11 is 0. The van der Waals surface area contributed by atoms with E-state index in [0.717, 1.165) is 17.5 Å². The Bertz CT molecular complexity index is 757. The van der Waals surface area contributed by atoms with Crippen molar-refractivity contribution in [3.63, 3.8) is 0 Å². The van der Waals surface area contributed by atoms with E-state index >= 15 is 0 Å². The molecule has 0 spiro atoms. The highest BCUT2D eigenvalue weighted by Gasteiger charge is 2.09. The lowest BCUT2D eigenvalue weighted by atomic mass is 10.1. The van der Waals surface area contributed by atoms with Gasteiger partial charge in [-0.1, -0.05) is 25.1 Å². The Morgan fingerprint density at radius 3 is 2.15 bits per heavy atom. The second-order valence-electron chi connectivity index (χ2n) is 5.74. The normalized spacial score (nSPS) is 10.1. The predicted molar refractivity (Wildman–Crippen MR) is 99.3 cm³/mol. The molecular weight excluding hydrogens is 332 g/mol. The maximum atomic E-state index is 12.0. The molecule has 26 heavy (non-hydrogen) atoms. The Morgan fingerprint density at radius 1 is 0.885 bits per heavy atom. The number of amides is 2. The summed E-state index contributed by atoms with van der Waals surface area (Å²) in [6.45, 7) is 2.05. The monoisotopic (exact) mass is 356 g/mol. The second kappa shape index (κ2) is 9.46. The number of benzene rings is 2. The van der Waals surface area contributed by atoms with Crippen LogP contribution in [0.4, 0.5) is 0 Å². The van der Waals surface area contributed by atoms with Crippen LogP contribution in [-0.2, 0) is 17.6 Å². The molecule has 2 N–H and O–H groups in total. The van der Waals surface area contributed by atoms with Crippen molar-refractivity contribution in [1.82, 2.24) is 10.9 Å². The zero-order valence-corrected chi connectivity index (χ0v) is 15.3. The lowest BCUT2D eigenvalue weighted by molar-refractivity contribution is -0.121. The molecule has 0 aliphatic heterocycles. The molecule has 0 unspecified atom stereocenters. The van der Waals surface area contributed by atoms with E-state index < -0.39 is 0 Å². The van der Waals surface area contributed by atoms with Gasteiger partial charge in [0.25, 0.3) is 5.91 Å². The third-order valence-electron chi connectivity index (χ3n) is 4.03. The number of carbonyl (C=O) groups excluding carboxylic acids is 2. The van der Waals surface area contributed by atoms with Crippen LogP contribution < -0.4 is 20.3 Å². The average Bonchev–Trinajstić information content (AvgIpc) is 2.70. The zero-order valence-electron chi connectivity index (χ0n) is 15.3. The van der Waals surface area contributed by atoms with Crippen LogP contribution in [0, 0.1) is 0 Å². The highest BCUT2D eigenvalue weighted by Crippen LogP contribution is 2.27. The molecule has 0 fully saturated rings. The van der Waals surface area contributed by atoms with Crippen molar-refractivity contribution >= 4 is 11.8 Å². The van der Waals surface area contributed by atoms with E-state index in [1.807, 2.05) is 31.2 Å². The molecule has 0 aliphatic carbocycles. The molecule has 2 rings (SSSR count). The van der Waals surface area contributed by atoms with Crippen molar-refractivity contribution in [1.29, 1.82) is 0 Å². The van der Waals surface area contributed by atoms with Crippen molar-refractivity contribution in [3.8, 4) is 11.5 Å². The van der Waals surface area contributed by atoms with Gasteiger partial charge in [0, 0.05) is 12.0 Å². The van der Waals surface area contributed by atoms with Crippen LogP contribution >= 0.6 is 0 Å². The SMILES string of the molecule is CCc1ccc(C(=O)NNC(=O)CCc2ccc(OC)c(OC)c2)cc1. The summed E-state index contributed by atoms with van der Waals surface area (Å²) in [7, 11) is 3.14. The van der Waals surface area contributed by atoms with Crippen LogP contribution in [-0.4, -0.2) is 26.0 Å². The summed E-state index contributed by atoms with van der Waals surface area (Å²) in [5, 5.41) is 0. The molecule has 0 aromatic heterocycles. The number of ether oxygens (including phenoxy) is 2. The fraction of sp³-hybridized carbons (Fsp3) is 0.300. The first kappa shape index (κ1) is 19.3. The standard InChI is InChI=1S/C20H24N2O4/c1-4-14-5-9-16(10-6-14)20(24)22-21-19(23)12-8-15-7-11-17(25-2)18(13-15)26-3/h5-7,9-11,13H,4,8,12H2,1-3H3,(H,21,23)(H,22,24). The number of hydrogen-bond donors (Lipinski definition) is 2. The third kappa shape index (κ3) is 5.24. The molecule has 6 nitrogen and oxygen atoms in total. The molecule has 0 bridgehead atoms. The van der Waals surface area contributed by atoms with Gasteiger partial charge in [0.1, 0.15) is 0 Å². The van der Waals surface area contributed by atoms with Gasteiger partial charge in [-0.25, -0.2) is 0 Å². The van der Waals surface area contributed by atoms with Gasteiger partial charge in [0.15, 0.2) is 11.5 Å². The molecular formula is C20H24N2O4. The zero-order chi connectivity index (χ0) is 18.9. The van der Waals surface area contributed by atoms with Crippen LogP contribution in [0.15, 0.2) is 42.5 Å². The highest BCUT2D eigenvalue weighted by molar-refractivity contribution is 5.95. The Balaban J connectivity index is 1.82. The van der Waals surface area contributed by atoms with Gasteiger partial charge in [-0.15, -0.1) is 0 Å². The molecule has 0 aliphatic rings. The van der Waals surface area contributed by atoms with Gasteiger partial charge in [-0.05, 0) is 48.2 Å². The maximum Gasteiger partial charge on any atom is 0.269 e. The van der Waals surface area contributed by atoms with Crippen molar-refractivity contribution in [2.75, 3.05) is 14.2 Å². The number of nitrogens with one attached hydrogen (secondary N) is 2. The van der Waals surface area contributed by atoms with Crippen molar-refractivity contribution in [2.45, 2.75) is 26.2 Å². The van der Waals surface area contributed by atoms with Crippen molar-refractivity contribution < 1.29 is 19.1 Å². The molecule has 0 atom stereocenters. The number of methoxy groups -OCH3 is 2. The Morgan fingerprint density at radius 2 is 1.54 bits per heavy atom. The quantitative estimate of drug-likeness (QED) is 0.748. The maximum absolute atomic E-state index is 12.0. The summed E-state index contributed by atoms with van der Waals surface area (Å²) in [6.07, 6.45) is 1.67. The van der Waals surface area contributed by atoms with E-state index in [9.17, 15) is 9.59 Å². The van der Waals surface area contributed by atoms with Gasteiger partial charge in [0.2, 0.25) is 5.91 Å². The first-order chi connectivity index (χ1) is 12.6. The number of hydrazine groups is 1. The molecule has 2 aromatic rings. The minimum Gasteiger partial charge on any atom is -0.493 e. The molecule has 0 heterocycles. The summed E-state index contributed by atoms with van der Waals surface area (Å²) in [6, 6.07) is 12.8. The highest BCUT2D eigenvalue weighted by atomic mass is 16.5. The Hall–Kier alpha value is -3.02. The Kier molecular flexibility index (Phi) is 7.02. The second-order valence-corrected chi connectivity index (χ2v) is 5.74. The first-order valence-corrected chi connectivity index (χ1v) is 8.46. The average molecular weight is 356 g/mol. The van der Waals surface area contributed by atoms with Gasteiger partial charge >= 0.3 is 0 Å². The van der Waals surface area contributed by atoms with Gasteiger partial charge in [0.05, 0.1) is 14.2 Å². The smallest absolute Gasteiger partial charge is 0.269 e. The number of carbonyl (C=O) groups is 2. The molecule has 0 saturated heterocycles. The van der Waals surface area contributed by atoms with Crippen molar-refractivity contribution in [2.24, 2.45) is 0 Å². The fourth-order valence-electron chi connectivity index (χ4n) is 2.45. The van der Waals surface area contributed by atoms with Crippen molar-refractivity contribution in [3.05, 3.63) is 59.2 Å². The van der Waals surface area contributed by atoms with Crippen LogP contribution in [0.3, 0.4) is 0 Å². The lowest BCUT2D eigenvalue weighted by Crippen LogP contribution is -2.41. The van der Waals surface area contributed by atoms with Gasteiger partial charge in [-0.3, -0.25) is 20.4 Å². The van der Waals surface area contributed by atoms with Crippen LogP contribution in [0.5, 0.6) is 11.5 Å². The van der Waals surface area contributed by atoms with Gasteiger partial charge in [-0.2, -0.15) is 0 Å². The lowest BCUT2D eigenvalue weighted by Gasteiger charge is -2.10. The number of aryl methyl sites for hydroxylation is 2. The summed E-state index contributed by atoms with van der Waals surface area (Å²) < 4.78 is 10.4. The van der Waals surface area contributed by atoms with Gasteiger partial charge < -0.3 is 9.47 Å². The largest absolute Gasteiger partial charge is 0.493 e. The number of hydrogen-bond acceptors (Lipinski definition) is 4. The van der Waals surface area contributed by atoms with E-state index in [4.69, 9.17) is 9.47 Å². The van der Waals surface area contributed by atoms with Crippen LogP contribution in [0.2, 0.25) is 0 Å². The molecule has 0 saturated carbocycles. The fourth-order valence-corrected chi connectivity index (χ4v) is 2.45. The van der Waals surface area contributed by atoms with E-state index in [2.05, 4.69) is 10.9 Å². The van der Waals surface area contributed by atoms with E-state index in [-0.39, 0.29) is 18.2 Å². The Labute approximate surface area is 153 Å². The summed E-state index contributed by atoms with van der Waals surface area (Å²) in [4.78, 5) is 24.0. The van der Waals surface area contributed by atoms with E-state index in [1.54, 1.807) is 32.4 Å². The van der Waals surface area contributed by atoms with E-state index in [0.29, 0.717) is 23.5 Å². The summed E-state index contributed by atoms with van der Waals surface area (Å²) in [5.41, 5.74) is 7.47. The van der Waals surface area contributed by atoms with Crippen LogP contribution in [0.1, 0.15) is 34.8 Å². The van der Waals surface area contributed by atoms with E-state index in [1.165, 1.54) is 0 Å². The summed E-state index contributed by atoms with van der Waals surface area (Å²) in [5.74, 6) is 0.654. The third-order valence-corrected chi connectivity index (χ3v) is 4.03. The minimum atomic E-state index is -0.341. The number of rotatable bonds is 7. The molecule has 2 aromatic carbocycles. The van der Waals surface area contributed by atoms with Crippen LogP contribution in [0.25, 0.3) is 0 Å². The molecule has 138 valence electrons. The first-order valence-electron chi connectivity index (χ1n) is 8.46. The molecule has 0 radical (unpaired) electrons. The topological polar surface area (TPSA) is 76.7 Å². The molecule has 2 amide bonds.